The first-order valence-corrected chi connectivity index (χ1v) is 8.45. The Morgan fingerprint density at radius 1 is 1.29 bits per heavy atom. The Kier molecular flexibility index (Phi) is 6.08. The van der Waals surface area contributed by atoms with Gasteiger partial charge < -0.3 is 14.4 Å². The minimum absolute atomic E-state index is 0.131. The van der Waals surface area contributed by atoms with Crippen LogP contribution in [-0.2, 0) is 18.4 Å². The van der Waals surface area contributed by atoms with Crippen LogP contribution in [0.5, 0.6) is 0 Å². The van der Waals surface area contributed by atoms with Crippen LogP contribution in [0.15, 0.2) is 18.3 Å². The van der Waals surface area contributed by atoms with Gasteiger partial charge in [-0.15, -0.1) is 0 Å². The number of aromatic nitrogens is 1. The summed E-state index contributed by atoms with van der Waals surface area (Å²) in [5, 5.41) is 2.74. The quantitative estimate of drug-likeness (QED) is 0.817. The maximum absolute atomic E-state index is 12.8. The van der Waals surface area contributed by atoms with Crippen molar-refractivity contribution in [2.45, 2.75) is 34.6 Å². The third-order valence-corrected chi connectivity index (χ3v) is 4.65. The fourth-order valence-electron chi connectivity index (χ4n) is 1.52. The Labute approximate surface area is 125 Å². The standard InChI is InChI=1S/C14H23N2O4P/c1-6-19-21(18,20-7-2)12-11(9-8-10-15-12)16-13(17)14(3,4)5/h8-10H,6-7H2,1-5H3,(H,16,17). The molecule has 0 saturated carbocycles. The van der Waals surface area contributed by atoms with E-state index in [0.717, 1.165) is 0 Å². The first kappa shape index (κ1) is 17.8. The van der Waals surface area contributed by atoms with Crippen molar-refractivity contribution < 1.29 is 18.4 Å². The van der Waals surface area contributed by atoms with E-state index in [1.807, 2.05) is 0 Å². The maximum Gasteiger partial charge on any atom is 0.381 e. The Hall–Kier alpha value is -1.23. The predicted molar refractivity (Wildman–Crippen MR) is 82.8 cm³/mol. The maximum atomic E-state index is 12.8. The molecular formula is C14H23N2O4P. The van der Waals surface area contributed by atoms with Gasteiger partial charge in [0.05, 0.1) is 18.9 Å². The normalized spacial score (nSPS) is 12.2. The molecule has 0 aliphatic rings. The van der Waals surface area contributed by atoms with Gasteiger partial charge in [-0.25, -0.2) is 4.98 Å². The molecule has 0 spiro atoms. The molecule has 1 heterocycles. The number of hydrogen-bond donors (Lipinski definition) is 1. The molecule has 0 radical (unpaired) electrons. The summed E-state index contributed by atoms with van der Waals surface area (Å²) in [7, 11) is -3.54. The second kappa shape index (κ2) is 7.16. The van der Waals surface area contributed by atoms with Gasteiger partial charge in [0.25, 0.3) is 0 Å². The highest BCUT2D eigenvalue weighted by molar-refractivity contribution is 7.62. The summed E-state index contributed by atoms with van der Waals surface area (Å²) >= 11 is 0. The highest BCUT2D eigenvalue weighted by atomic mass is 31.2. The number of carbonyl (C=O) groups excluding carboxylic acids is 1. The van der Waals surface area contributed by atoms with Crippen LogP contribution in [-0.4, -0.2) is 24.1 Å². The smallest absolute Gasteiger partial charge is 0.323 e. The second-order valence-electron chi connectivity index (χ2n) is 5.41. The van der Waals surface area contributed by atoms with E-state index in [4.69, 9.17) is 9.05 Å². The molecule has 1 aromatic heterocycles. The second-order valence-corrected chi connectivity index (χ2v) is 7.35. The number of rotatable bonds is 6. The van der Waals surface area contributed by atoms with E-state index in [2.05, 4.69) is 10.3 Å². The van der Waals surface area contributed by atoms with Crippen molar-refractivity contribution in [3.63, 3.8) is 0 Å². The molecule has 0 aliphatic carbocycles. The van der Waals surface area contributed by atoms with Crippen molar-refractivity contribution in [1.82, 2.24) is 4.98 Å². The molecule has 0 unspecified atom stereocenters. The van der Waals surface area contributed by atoms with Crippen LogP contribution in [0.25, 0.3) is 0 Å². The summed E-state index contributed by atoms with van der Waals surface area (Å²) in [6.07, 6.45) is 1.49. The van der Waals surface area contributed by atoms with Crippen molar-refractivity contribution in [2.24, 2.45) is 5.41 Å². The Balaban J connectivity index is 3.19. The van der Waals surface area contributed by atoms with Crippen LogP contribution in [0, 0.1) is 5.41 Å². The first-order valence-electron chi connectivity index (χ1n) is 6.90. The van der Waals surface area contributed by atoms with E-state index in [9.17, 15) is 9.36 Å². The molecule has 0 fully saturated rings. The van der Waals surface area contributed by atoms with E-state index in [0.29, 0.717) is 5.69 Å². The molecule has 1 amide bonds. The van der Waals surface area contributed by atoms with Crippen LogP contribution >= 0.6 is 7.60 Å². The monoisotopic (exact) mass is 314 g/mol. The molecule has 0 saturated heterocycles. The van der Waals surface area contributed by atoms with Crippen molar-refractivity contribution in [2.75, 3.05) is 18.5 Å². The number of anilines is 1. The minimum atomic E-state index is -3.54. The Bertz CT molecular complexity index is 530. The van der Waals surface area contributed by atoms with Crippen molar-refractivity contribution >= 4 is 24.6 Å². The van der Waals surface area contributed by atoms with Crippen LogP contribution < -0.4 is 10.8 Å². The Morgan fingerprint density at radius 2 is 1.86 bits per heavy atom. The molecule has 1 rings (SSSR count). The SMILES string of the molecule is CCOP(=O)(OCC)c1ncccc1NC(=O)C(C)(C)C. The first-order chi connectivity index (χ1) is 9.74. The van der Waals surface area contributed by atoms with Crippen molar-refractivity contribution in [3.8, 4) is 0 Å². The zero-order valence-corrected chi connectivity index (χ0v) is 14.1. The van der Waals surface area contributed by atoms with Gasteiger partial charge in [-0.05, 0) is 26.0 Å². The highest BCUT2D eigenvalue weighted by Gasteiger charge is 2.33. The van der Waals surface area contributed by atoms with Gasteiger partial charge in [0.2, 0.25) is 5.91 Å². The molecule has 0 aliphatic heterocycles. The number of nitrogens with zero attached hydrogens (tertiary/aromatic N) is 1. The zero-order valence-electron chi connectivity index (χ0n) is 13.2. The lowest BCUT2D eigenvalue weighted by molar-refractivity contribution is -0.123. The van der Waals surface area contributed by atoms with Gasteiger partial charge in [0.1, 0.15) is 0 Å². The van der Waals surface area contributed by atoms with E-state index in [1.54, 1.807) is 46.8 Å². The van der Waals surface area contributed by atoms with E-state index in [1.165, 1.54) is 6.20 Å². The third kappa shape index (κ3) is 4.63. The lowest BCUT2D eigenvalue weighted by atomic mass is 9.96. The number of pyridine rings is 1. The summed E-state index contributed by atoms with van der Waals surface area (Å²) in [6.45, 7) is 9.28. The largest absolute Gasteiger partial charge is 0.381 e. The van der Waals surface area contributed by atoms with E-state index < -0.39 is 13.0 Å². The van der Waals surface area contributed by atoms with Crippen molar-refractivity contribution in [1.29, 1.82) is 0 Å². The topological polar surface area (TPSA) is 77.5 Å². The molecule has 118 valence electrons. The zero-order chi connectivity index (χ0) is 16.1. The third-order valence-electron chi connectivity index (χ3n) is 2.57. The van der Waals surface area contributed by atoms with Gasteiger partial charge in [0.15, 0.2) is 5.44 Å². The highest BCUT2D eigenvalue weighted by Crippen LogP contribution is 2.47. The predicted octanol–water partition coefficient (Wildman–Crippen LogP) is 2.96. The van der Waals surface area contributed by atoms with Gasteiger partial charge >= 0.3 is 7.60 Å². The number of nitrogens with one attached hydrogen (secondary N) is 1. The summed E-state index contributed by atoms with van der Waals surface area (Å²) < 4.78 is 23.4. The molecule has 7 heteroatoms. The summed E-state index contributed by atoms with van der Waals surface area (Å²) in [5.74, 6) is -0.198. The summed E-state index contributed by atoms with van der Waals surface area (Å²) in [6, 6.07) is 3.29. The molecule has 0 bridgehead atoms. The van der Waals surface area contributed by atoms with E-state index in [-0.39, 0.29) is 24.6 Å². The lowest BCUT2D eigenvalue weighted by Gasteiger charge is -2.22. The fourth-order valence-corrected chi connectivity index (χ4v) is 3.15. The van der Waals surface area contributed by atoms with Crippen LogP contribution in [0.4, 0.5) is 5.69 Å². The van der Waals surface area contributed by atoms with Gasteiger partial charge in [0, 0.05) is 11.6 Å². The fraction of sp³-hybridized carbons (Fsp3) is 0.571. The molecule has 21 heavy (non-hydrogen) atoms. The van der Waals surface area contributed by atoms with Crippen LogP contribution in [0.1, 0.15) is 34.6 Å². The average Bonchev–Trinajstić information content (AvgIpc) is 2.38. The molecule has 1 N–H and O–H groups in total. The van der Waals surface area contributed by atoms with Gasteiger partial charge in [-0.3, -0.25) is 9.36 Å². The lowest BCUT2D eigenvalue weighted by Crippen LogP contribution is -2.30. The number of amides is 1. The minimum Gasteiger partial charge on any atom is -0.323 e. The van der Waals surface area contributed by atoms with Crippen molar-refractivity contribution in [3.05, 3.63) is 18.3 Å². The molecular weight excluding hydrogens is 291 g/mol. The average molecular weight is 314 g/mol. The van der Waals surface area contributed by atoms with Gasteiger partial charge in [-0.2, -0.15) is 0 Å². The molecule has 0 atom stereocenters. The van der Waals surface area contributed by atoms with Gasteiger partial charge in [-0.1, -0.05) is 20.8 Å². The Morgan fingerprint density at radius 3 is 2.33 bits per heavy atom. The number of carbonyl (C=O) groups is 1. The molecule has 0 aromatic carbocycles. The van der Waals surface area contributed by atoms with E-state index >= 15 is 0 Å². The number of hydrogen-bond acceptors (Lipinski definition) is 5. The summed E-state index contributed by atoms with van der Waals surface area (Å²) in [5.41, 5.74) is -0.0946. The molecule has 6 nitrogen and oxygen atoms in total. The van der Waals surface area contributed by atoms with Crippen LogP contribution in [0.2, 0.25) is 0 Å². The van der Waals surface area contributed by atoms with Crippen LogP contribution in [0.3, 0.4) is 0 Å². The summed E-state index contributed by atoms with van der Waals surface area (Å²) in [4.78, 5) is 16.2. The molecule has 1 aromatic rings.